The van der Waals surface area contributed by atoms with Gasteiger partial charge in [-0.15, -0.1) is 0 Å². The minimum absolute atomic E-state index is 0.255. The number of rotatable bonds is 5. The average molecular weight is 319 g/mol. The summed E-state index contributed by atoms with van der Waals surface area (Å²) in [5.41, 5.74) is 3.01. The van der Waals surface area contributed by atoms with Crippen LogP contribution < -0.4 is 10.6 Å². The maximum atomic E-state index is 12.2. The third kappa shape index (κ3) is 3.30. The molecule has 2 aromatic carbocycles. The Labute approximate surface area is 139 Å². The van der Waals surface area contributed by atoms with Crippen molar-refractivity contribution in [2.45, 2.75) is 18.8 Å². The van der Waals surface area contributed by atoms with Crippen LogP contribution in [0.1, 0.15) is 35.0 Å². The van der Waals surface area contributed by atoms with Crippen molar-refractivity contribution in [2.24, 2.45) is 0 Å². The lowest BCUT2D eigenvalue weighted by atomic mass is 10.2. The summed E-state index contributed by atoms with van der Waals surface area (Å²) in [4.78, 5) is 12.2. The van der Waals surface area contributed by atoms with Crippen LogP contribution in [0.3, 0.4) is 0 Å². The standard InChI is InChI=1S/C19H17N3O2/c23-19(17-12-18(24-22-17)13-6-7-13)21-16-10-8-15(9-11-16)20-14-4-2-1-3-5-14/h1-5,8-13,20H,6-7H2,(H,21,23). The van der Waals surface area contributed by atoms with Gasteiger partial charge < -0.3 is 15.2 Å². The van der Waals surface area contributed by atoms with Crippen molar-refractivity contribution in [3.8, 4) is 0 Å². The van der Waals surface area contributed by atoms with E-state index in [1.54, 1.807) is 6.07 Å². The van der Waals surface area contributed by atoms with E-state index in [0.29, 0.717) is 11.6 Å². The van der Waals surface area contributed by atoms with E-state index >= 15 is 0 Å². The molecule has 120 valence electrons. The van der Waals surface area contributed by atoms with E-state index in [1.807, 2.05) is 54.6 Å². The highest BCUT2D eigenvalue weighted by molar-refractivity contribution is 6.02. The van der Waals surface area contributed by atoms with E-state index in [9.17, 15) is 4.79 Å². The fourth-order valence-corrected chi connectivity index (χ4v) is 2.48. The largest absolute Gasteiger partial charge is 0.360 e. The second-order valence-electron chi connectivity index (χ2n) is 5.91. The highest BCUT2D eigenvalue weighted by Crippen LogP contribution is 2.40. The Kier molecular flexibility index (Phi) is 3.75. The van der Waals surface area contributed by atoms with Crippen molar-refractivity contribution >= 4 is 23.0 Å². The molecule has 0 unspecified atom stereocenters. The zero-order chi connectivity index (χ0) is 16.4. The van der Waals surface area contributed by atoms with Gasteiger partial charge in [0.15, 0.2) is 5.69 Å². The zero-order valence-electron chi connectivity index (χ0n) is 13.0. The van der Waals surface area contributed by atoms with Crippen LogP contribution in [0.25, 0.3) is 0 Å². The van der Waals surface area contributed by atoms with Gasteiger partial charge in [0.25, 0.3) is 5.91 Å². The quantitative estimate of drug-likeness (QED) is 0.724. The van der Waals surface area contributed by atoms with Crippen molar-refractivity contribution in [2.75, 3.05) is 10.6 Å². The molecule has 0 atom stereocenters. The van der Waals surface area contributed by atoms with Gasteiger partial charge in [0, 0.05) is 29.0 Å². The van der Waals surface area contributed by atoms with Gasteiger partial charge in [-0.25, -0.2) is 0 Å². The molecule has 0 saturated heterocycles. The molecule has 1 fully saturated rings. The first kappa shape index (κ1) is 14.5. The molecule has 1 amide bonds. The minimum Gasteiger partial charge on any atom is -0.360 e. The number of nitrogens with zero attached hydrogens (tertiary/aromatic N) is 1. The summed E-state index contributed by atoms with van der Waals surface area (Å²) in [5.74, 6) is 0.999. The summed E-state index contributed by atoms with van der Waals surface area (Å²) in [5, 5.41) is 9.98. The second-order valence-corrected chi connectivity index (χ2v) is 5.91. The Balaban J connectivity index is 1.40. The molecule has 0 bridgehead atoms. The zero-order valence-corrected chi connectivity index (χ0v) is 13.0. The number of amides is 1. The number of carbonyl (C=O) groups is 1. The number of benzene rings is 2. The summed E-state index contributed by atoms with van der Waals surface area (Å²) in [6.45, 7) is 0. The van der Waals surface area contributed by atoms with Gasteiger partial charge in [-0.2, -0.15) is 0 Å². The number of hydrogen-bond acceptors (Lipinski definition) is 4. The van der Waals surface area contributed by atoms with Gasteiger partial charge in [-0.1, -0.05) is 23.4 Å². The van der Waals surface area contributed by atoms with Gasteiger partial charge in [0.1, 0.15) is 5.76 Å². The topological polar surface area (TPSA) is 67.2 Å². The molecule has 1 aliphatic carbocycles. The summed E-state index contributed by atoms with van der Waals surface area (Å²) in [7, 11) is 0. The van der Waals surface area contributed by atoms with Gasteiger partial charge in [0.05, 0.1) is 0 Å². The first-order chi connectivity index (χ1) is 11.8. The summed E-state index contributed by atoms with van der Waals surface area (Å²) < 4.78 is 5.21. The second kappa shape index (κ2) is 6.20. The van der Waals surface area contributed by atoms with E-state index in [4.69, 9.17) is 4.52 Å². The van der Waals surface area contributed by atoms with Crippen molar-refractivity contribution in [1.29, 1.82) is 0 Å². The highest BCUT2D eigenvalue weighted by atomic mass is 16.5. The molecule has 24 heavy (non-hydrogen) atoms. The fraction of sp³-hybridized carbons (Fsp3) is 0.158. The van der Waals surface area contributed by atoms with Gasteiger partial charge in [0.2, 0.25) is 0 Å². The lowest BCUT2D eigenvalue weighted by Crippen LogP contribution is -2.12. The van der Waals surface area contributed by atoms with Gasteiger partial charge in [-0.3, -0.25) is 4.79 Å². The smallest absolute Gasteiger partial charge is 0.277 e. The first-order valence-corrected chi connectivity index (χ1v) is 7.98. The van der Waals surface area contributed by atoms with Crippen LogP contribution in [0.5, 0.6) is 0 Å². The Morgan fingerprint density at radius 3 is 2.33 bits per heavy atom. The van der Waals surface area contributed by atoms with Crippen LogP contribution in [0.2, 0.25) is 0 Å². The SMILES string of the molecule is O=C(Nc1ccc(Nc2ccccc2)cc1)c1cc(C2CC2)on1. The van der Waals surface area contributed by atoms with Crippen LogP contribution in [0.15, 0.2) is 65.2 Å². The maximum Gasteiger partial charge on any atom is 0.277 e. The number of carbonyl (C=O) groups excluding carboxylic acids is 1. The van der Waals surface area contributed by atoms with Gasteiger partial charge >= 0.3 is 0 Å². The molecule has 0 spiro atoms. The predicted molar refractivity (Wildman–Crippen MR) is 92.6 cm³/mol. The van der Waals surface area contributed by atoms with Crippen LogP contribution >= 0.6 is 0 Å². The molecule has 5 heteroatoms. The maximum absolute atomic E-state index is 12.2. The molecule has 2 N–H and O–H groups in total. The van der Waals surface area contributed by atoms with Crippen LogP contribution in [0, 0.1) is 0 Å². The Morgan fingerprint density at radius 2 is 1.62 bits per heavy atom. The first-order valence-electron chi connectivity index (χ1n) is 7.98. The lowest BCUT2D eigenvalue weighted by Gasteiger charge is -2.08. The third-order valence-electron chi connectivity index (χ3n) is 3.95. The molecule has 3 aromatic rings. The summed E-state index contributed by atoms with van der Waals surface area (Å²) in [6, 6.07) is 19.2. The Morgan fingerprint density at radius 1 is 0.958 bits per heavy atom. The molecule has 1 aliphatic rings. The van der Waals surface area contributed by atoms with Crippen molar-refractivity contribution in [3.05, 3.63) is 72.1 Å². The van der Waals surface area contributed by atoms with E-state index in [1.165, 1.54) is 0 Å². The molecular weight excluding hydrogens is 302 g/mol. The van der Waals surface area contributed by atoms with E-state index < -0.39 is 0 Å². The molecule has 1 aromatic heterocycles. The fourth-order valence-electron chi connectivity index (χ4n) is 2.48. The van der Waals surface area contributed by atoms with E-state index in [2.05, 4.69) is 15.8 Å². The number of nitrogens with one attached hydrogen (secondary N) is 2. The monoisotopic (exact) mass is 319 g/mol. The van der Waals surface area contributed by atoms with Crippen molar-refractivity contribution in [3.63, 3.8) is 0 Å². The van der Waals surface area contributed by atoms with Crippen LogP contribution in [-0.4, -0.2) is 11.1 Å². The number of anilines is 3. The summed E-state index contributed by atoms with van der Waals surface area (Å²) >= 11 is 0. The molecule has 0 aliphatic heterocycles. The minimum atomic E-state index is -0.255. The number of hydrogen-bond donors (Lipinski definition) is 2. The average Bonchev–Trinajstić information content (AvgIpc) is 3.34. The van der Waals surface area contributed by atoms with Crippen LogP contribution in [-0.2, 0) is 0 Å². The van der Waals surface area contributed by atoms with Crippen molar-refractivity contribution < 1.29 is 9.32 Å². The van der Waals surface area contributed by atoms with Crippen molar-refractivity contribution in [1.82, 2.24) is 5.16 Å². The molecular formula is C19H17N3O2. The molecule has 0 radical (unpaired) electrons. The predicted octanol–water partition coefficient (Wildman–Crippen LogP) is 4.55. The van der Waals surface area contributed by atoms with E-state index in [0.717, 1.165) is 35.7 Å². The third-order valence-corrected chi connectivity index (χ3v) is 3.95. The van der Waals surface area contributed by atoms with E-state index in [-0.39, 0.29) is 5.91 Å². The number of aromatic nitrogens is 1. The van der Waals surface area contributed by atoms with Gasteiger partial charge in [-0.05, 0) is 49.2 Å². The lowest BCUT2D eigenvalue weighted by molar-refractivity contribution is 0.101. The molecule has 1 heterocycles. The normalized spacial score (nSPS) is 13.5. The highest BCUT2D eigenvalue weighted by Gasteiger charge is 2.28. The number of para-hydroxylation sites is 1. The van der Waals surface area contributed by atoms with Crippen LogP contribution in [0.4, 0.5) is 17.1 Å². The molecule has 1 saturated carbocycles. The molecule has 4 rings (SSSR count). The Bertz CT molecular complexity index is 837. The summed E-state index contributed by atoms with van der Waals surface area (Å²) in [6.07, 6.45) is 2.23. The Hall–Kier alpha value is -3.08. The molecule has 5 nitrogen and oxygen atoms in total.